The molecule has 96 valence electrons. The Morgan fingerprint density at radius 2 is 1.89 bits per heavy atom. The van der Waals surface area contributed by atoms with Gasteiger partial charge in [0.15, 0.2) is 0 Å². The molecule has 0 aliphatic rings. The maximum atomic E-state index is 13.9. The molecular weight excluding hydrogens is 236 g/mol. The van der Waals surface area contributed by atoms with Crippen molar-refractivity contribution in [2.45, 2.75) is 19.9 Å². The van der Waals surface area contributed by atoms with Crippen LogP contribution < -0.4 is 5.32 Å². The maximum absolute atomic E-state index is 13.9. The second-order valence-corrected chi connectivity index (χ2v) is 4.27. The fourth-order valence-corrected chi connectivity index (χ4v) is 1.74. The first kappa shape index (κ1) is 12.8. The molecule has 1 heterocycles. The van der Waals surface area contributed by atoms with Gasteiger partial charge in [0, 0.05) is 0 Å². The van der Waals surface area contributed by atoms with E-state index < -0.39 is 11.6 Å². The highest BCUT2D eigenvalue weighted by Crippen LogP contribution is 2.30. The molecule has 0 aliphatic heterocycles. The second kappa shape index (κ2) is 4.90. The lowest BCUT2D eigenvalue weighted by Crippen LogP contribution is -2.11. The van der Waals surface area contributed by atoms with Crippen molar-refractivity contribution in [3.8, 4) is 11.3 Å². The van der Waals surface area contributed by atoms with E-state index >= 15 is 0 Å². The van der Waals surface area contributed by atoms with Crippen LogP contribution in [0.2, 0.25) is 0 Å². The molecule has 0 saturated heterocycles. The summed E-state index contributed by atoms with van der Waals surface area (Å²) in [5, 5.41) is 3.01. The van der Waals surface area contributed by atoms with Crippen molar-refractivity contribution in [3.63, 3.8) is 0 Å². The topological polar surface area (TPSA) is 25.2 Å². The Hall–Kier alpha value is -1.68. The van der Waals surface area contributed by atoms with Crippen molar-refractivity contribution < 1.29 is 13.2 Å². The van der Waals surface area contributed by atoms with E-state index in [4.69, 9.17) is 4.42 Å². The van der Waals surface area contributed by atoms with Crippen LogP contribution in [0, 0.1) is 18.6 Å². The normalized spacial score (nSPS) is 12.7. The van der Waals surface area contributed by atoms with Crippen LogP contribution in [-0.2, 0) is 0 Å². The van der Waals surface area contributed by atoms with Crippen molar-refractivity contribution in [2.75, 3.05) is 7.05 Å². The van der Waals surface area contributed by atoms with Gasteiger partial charge in [-0.1, -0.05) is 6.07 Å². The molecule has 1 aromatic heterocycles. The summed E-state index contributed by atoms with van der Waals surface area (Å²) in [4.78, 5) is 0. The SMILES string of the molecule is CNC(C)c1ccc(-c2c(F)ccc(C)c2F)o1. The molecule has 0 bridgehead atoms. The zero-order chi connectivity index (χ0) is 13.3. The molecule has 18 heavy (non-hydrogen) atoms. The Kier molecular flexibility index (Phi) is 3.48. The van der Waals surface area contributed by atoms with Crippen molar-refractivity contribution >= 4 is 0 Å². The standard InChI is InChI=1S/C14H15F2NO/c1-8-4-5-10(15)13(14(8)16)12-7-6-11(18-12)9(2)17-3/h4-7,9,17H,1-3H3. The molecule has 0 fully saturated rings. The van der Waals surface area contributed by atoms with E-state index in [9.17, 15) is 8.78 Å². The van der Waals surface area contributed by atoms with E-state index in [-0.39, 0.29) is 17.4 Å². The highest BCUT2D eigenvalue weighted by Gasteiger charge is 2.18. The summed E-state index contributed by atoms with van der Waals surface area (Å²) < 4.78 is 33.1. The molecule has 2 nitrogen and oxygen atoms in total. The van der Waals surface area contributed by atoms with E-state index in [1.54, 1.807) is 26.1 Å². The Morgan fingerprint density at radius 1 is 1.17 bits per heavy atom. The number of halogens is 2. The lowest BCUT2D eigenvalue weighted by atomic mass is 10.1. The third-order valence-electron chi connectivity index (χ3n) is 3.02. The highest BCUT2D eigenvalue weighted by molar-refractivity contribution is 5.60. The lowest BCUT2D eigenvalue weighted by Gasteiger charge is -2.07. The molecule has 4 heteroatoms. The molecule has 0 radical (unpaired) electrons. The molecular formula is C14H15F2NO. The van der Waals surface area contributed by atoms with E-state index in [0.717, 1.165) is 0 Å². The van der Waals surface area contributed by atoms with Crippen molar-refractivity contribution in [1.29, 1.82) is 0 Å². The van der Waals surface area contributed by atoms with Gasteiger partial charge in [-0.3, -0.25) is 0 Å². The molecule has 2 aromatic rings. The van der Waals surface area contributed by atoms with Gasteiger partial charge in [-0.05, 0) is 44.7 Å². The van der Waals surface area contributed by atoms with Gasteiger partial charge in [0.25, 0.3) is 0 Å². The summed E-state index contributed by atoms with van der Waals surface area (Å²) in [6.07, 6.45) is 0. The third-order valence-corrected chi connectivity index (χ3v) is 3.02. The summed E-state index contributed by atoms with van der Waals surface area (Å²) >= 11 is 0. The van der Waals surface area contributed by atoms with Gasteiger partial charge in [0.2, 0.25) is 0 Å². The third kappa shape index (κ3) is 2.16. The summed E-state index contributed by atoms with van der Waals surface area (Å²) in [6.45, 7) is 3.50. The maximum Gasteiger partial charge on any atom is 0.140 e. The van der Waals surface area contributed by atoms with E-state index in [0.29, 0.717) is 11.3 Å². The minimum Gasteiger partial charge on any atom is -0.459 e. The van der Waals surface area contributed by atoms with Gasteiger partial charge in [0.1, 0.15) is 23.2 Å². The number of hydrogen-bond donors (Lipinski definition) is 1. The van der Waals surface area contributed by atoms with Gasteiger partial charge in [-0.2, -0.15) is 0 Å². The number of aryl methyl sites for hydroxylation is 1. The molecule has 0 spiro atoms. The first-order chi connectivity index (χ1) is 8.54. The molecule has 0 amide bonds. The first-order valence-electron chi connectivity index (χ1n) is 5.76. The Labute approximate surface area is 105 Å². The zero-order valence-corrected chi connectivity index (χ0v) is 10.6. The van der Waals surface area contributed by atoms with E-state index in [1.165, 1.54) is 12.1 Å². The van der Waals surface area contributed by atoms with Gasteiger partial charge >= 0.3 is 0 Å². The van der Waals surface area contributed by atoms with Crippen LogP contribution in [0.3, 0.4) is 0 Å². The molecule has 1 unspecified atom stereocenters. The quantitative estimate of drug-likeness (QED) is 0.897. The summed E-state index contributed by atoms with van der Waals surface area (Å²) in [6, 6.07) is 5.96. The smallest absolute Gasteiger partial charge is 0.140 e. The Morgan fingerprint density at radius 3 is 2.56 bits per heavy atom. The van der Waals surface area contributed by atoms with Crippen molar-refractivity contribution in [2.24, 2.45) is 0 Å². The van der Waals surface area contributed by atoms with Gasteiger partial charge in [-0.15, -0.1) is 0 Å². The van der Waals surface area contributed by atoms with E-state index in [1.807, 2.05) is 6.92 Å². The van der Waals surface area contributed by atoms with Gasteiger partial charge < -0.3 is 9.73 Å². The summed E-state index contributed by atoms with van der Waals surface area (Å²) in [5.74, 6) is -0.331. The van der Waals surface area contributed by atoms with Gasteiger partial charge in [0.05, 0.1) is 11.6 Å². The Balaban J connectivity index is 2.49. The number of hydrogen-bond acceptors (Lipinski definition) is 2. The minimum atomic E-state index is -0.615. The molecule has 0 saturated carbocycles. The number of benzene rings is 1. The monoisotopic (exact) mass is 251 g/mol. The molecule has 1 aromatic carbocycles. The summed E-state index contributed by atoms with van der Waals surface area (Å²) in [7, 11) is 1.79. The van der Waals surface area contributed by atoms with Crippen LogP contribution in [0.25, 0.3) is 11.3 Å². The van der Waals surface area contributed by atoms with E-state index in [2.05, 4.69) is 5.32 Å². The lowest BCUT2D eigenvalue weighted by molar-refractivity contribution is 0.453. The van der Waals surface area contributed by atoms with Crippen LogP contribution in [-0.4, -0.2) is 7.05 Å². The highest BCUT2D eigenvalue weighted by atomic mass is 19.1. The predicted molar refractivity (Wildman–Crippen MR) is 66.3 cm³/mol. The average Bonchev–Trinajstić information content (AvgIpc) is 2.83. The molecule has 0 aliphatic carbocycles. The van der Waals surface area contributed by atoms with Crippen molar-refractivity contribution in [3.05, 3.63) is 47.2 Å². The van der Waals surface area contributed by atoms with Crippen molar-refractivity contribution in [1.82, 2.24) is 5.32 Å². The minimum absolute atomic E-state index is 0.00492. The largest absolute Gasteiger partial charge is 0.459 e. The Bertz CT molecular complexity index is 563. The van der Waals surface area contributed by atoms with Crippen LogP contribution in [0.4, 0.5) is 8.78 Å². The molecule has 2 rings (SSSR count). The summed E-state index contributed by atoms with van der Waals surface area (Å²) in [5.41, 5.74) is 0.288. The fraction of sp³-hybridized carbons (Fsp3) is 0.286. The molecule has 1 atom stereocenters. The molecule has 1 N–H and O–H groups in total. The van der Waals surface area contributed by atoms with Gasteiger partial charge in [-0.25, -0.2) is 8.78 Å². The predicted octanol–water partition coefficient (Wildman–Crippen LogP) is 3.81. The number of nitrogens with one attached hydrogen (secondary N) is 1. The second-order valence-electron chi connectivity index (χ2n) is 4.27. The first-order valence-corrected chi connectivity index (χ1v) is 5.76. The average molecular weight is 251 g/mol. The van der Waals surface area contributed by atoms with Crippen LogP contribution in [0.1, 0.15) is 24.3 Å². The number of furan rings is 1. The zero-order valence-electron chi connectivity index (χ0n) is 10.6. The van der Waals surface area contributed by atoms with Crippen LogP contribution >= 0.6 is 0 Å². The van der Waals surface area contributed by atoms with Crippen LogP contribution in [0.5, 0.6) is 0 Å². The number of rotatable bonds is 3. The fourth-order valence-electron chi connectivity index (χ4n) is 1.74. The van der Waals surface area contributed by atoms with Crippen LogP contribution in [0.15, 0.2) is 28.7 Å².